The average Bonchev–Trinajstić information content (AvgIpc) is 3.20. The number of fused-ring (bicyclic) bond motifs is 2. The molecule has 4 rings (SSSR count). The fourth-order valence-corrected chi connectivity index (χ4v) is 5.21. The number of benzene rings is 1. The van der Waals surface area contributed by atoms with Crippen LogP contribution in [0.5, 0.6) is 0 Å². The van der Waals surface area contributed by atoms with E-state index in [0.717, 1.165) is 36.6 Å². The van der Waals surface area contributed by atoms with Gasteiger partial charge < -0.3 is 10.6 Å². The minimum absolute atomic E-state index is 0.538. The van der Waals surface area contributed by atoms with Crippen molar-refractivity contribution in [3.8, 4) is 0 Å². The van der Waals surface area contributed by atoms with Gasteiger partial charge in [0, 0.05) is 31.7 Å². The molecule has 4 heteroatoms. The molecule has 1 heterocycles. The Hall–Kier alpha value is -1.13. The molecule has 1 aromatic carbocycles. The van der Waals surface area contributed by atoms with E-state index in [2.05, 4.69) is 45.9 Å². The van der Waals surface area contributed by atoms with E-state index in [1.54, 1.807) is 0 Å². The van der Waals surface area contributed by atoms with Crippen LogP contribution < -0.4 is 10.6 Å². The maximum Gasteiger partial charge on any atom is 0.166 e. The summed E-state index contributed by atoms with van der Waals surface area (Å²) in [5.74, 6) is 1.85. The number of nitrogens with zero attached hydrogens (tertiary/aromatic N) is 1. The van der Waals surface area contributed by atoms with Gasteiger partial charge in [-0.05, 0) is 61.7 Å². The third-order valence-corrected chi connectivity index (χ3v) is 6.46. The molecule has 2 N–H and O–H groups in total. The highest BCUT2D eigenvalue weighted by Crippen LogP contribution is 2.44. The standard InChI is InChI=1S/C20H29N3S/c24-20(22-19-13-16-6-7-17(19)12-16)21-18-8-10-23(11-9-18)14-15-4-2-1-3-5-15/h1-5,16-19H,6-14H2,(H2,21,22,24)/t16-,17+,19-/m0/s1. The van der Waals surface area contributed by atoms with Gasteiger partial charge in [-0.15, -0.1) is 0 Å². The van der Waals surface area contributed by atoms with Gasteiger partial charge in [0.1, 0.15) is 0 Å². The van der Waals surface area contributed by atoms with Gasteiger partial charge in [-0.3, -0.25) is 4.90 Å². The molecule has 2 aliphatic carbocycles. The van der Waals surface area contributed by atoms with E-state index in [0.29, 0.717) is 12.1 Å². The lowest BCUT2D eigenvalue weighted by Crippen LogP contribution is -2.50. The van der Waals surface area contributed by atoms with Gasteiger partial charge >= 0.3 is 0 Å². The van der Waals surface area contributed by atoms with E-state index in [1.807, 2.05) is 0 Å². The van der Waals surface area contributed by atoms with Gasteiger partial charge in [-0.2, -0.15) is 0 Å². The van der Waals surface area contributed by atoms with Crippen molar-refractivity contribution in [3.05, 3.63) is 35.9 Å². The summed E-state index contributed by atoms with van der Waals surface area (Å²) in [6.07, 6.45) is 7.99. The zero-order chi connectivity index (χ0) is 16.4. The Morgan fingerprint density at radius 2 is 1.79 bits per heavy atom. The maximum absolute atomic E-state index is 5.59. The summed E-state index contributed by atoms with van der Waals surface area (Å²) in [7, 11) is 0. The number of hydrogen-bond donors (Lipinski definition) is 2. The first kappa shape index (κ1) is 16.3. The van der Waals surface area contributed by atoms with Crippen molar-refractivity contribution < 1.29 is 0 Å². The molecule has 0 spiro atoms. The fourth-order valence-electron chi connectivity index (χ4n) is 4.89. The van der Waals surface area contributed by atoms with Crippen LogP contribution in [0.4, 0.5) is 0 Å². The first-order chi connectivity index (χ1) is 11.8. The quantitative estimate of drug-likeness (QED) is 0.820. The lowest BCUT2D eigenvalue weighted by Gasteiger charge is -2.34. The second kappa shape index (κ2) is 7.40. The Morgan fingerprint density at radius 3 is 2.46 bits per heavy atom. The lowest BCUT2D eigenvalue weighted by molar-refractivity contribution is 0.198. The van der Waals surface area contributed by atoms with Crippen LogP contribution in [0, 0.1) is 11.8 Å². The zero-order valence-electron chi connectivity index (χ0n) is 14.4. The zero-order valence-corrected chi connectivity index (χ0v) is 15.2. The third-order valence-electron chi connectivity index (χ3n) is 6.23. The molecule has 3 atom stereocenters. The van der Waals surface area contributed by atoms with Gasteiger partial charge in [0.2, 0.25) is 0 Å². The number of likely N-dealkylation sites (tertiary alicyclic amines) is 1. The van der Waals surface area contributed by atoms with Crippen LogP contribution in [0.1, 0.15) is 44.1 Å². The predicted octanol–water partition coefficient (Wildman–Crippen LogP) is 3.30. The lowest BCUT2D eigenvalue weighted by atomic mass is 9.95. The van der Waals surface area contributed by atoms with Crippen LogP contribution >= 0.6 is 12.2 Å². The summed E-state index contributed by atoms with van der Waals surface area (Å²) in [6.45, 7) is 3.38. The smallest absolute Gasteiger partial charge is 0.166 e. The van der Waals surface area contributed by atoms with Crippen LogP contribution in [-0.4, -0.2) is 35.2 Å². The molecule has 1 aromatic rings. The van der Waals surface area contributed by atoms with Gasteiger partial charge in [-0.1, -0.05) is 36.8 Å². The molecule has 2 saturated carbocycles. The number of rotatable bonds is 4. The molecule has 0 amide bonds. The van der Waals surface area contributed by atoms with Gasteiger partial charge in [0.05, 0.1) is 0 Å². The minimum atomic E-state index is 0.538. The van der Waals surface area contributed by atoms with Crippen LogP contribution in [0.15, 0.2) is 30.3 Å². The van der Waals surface area contributed by atoms with Gasteiger partial charge in [0.25, 0.3) is 0 Å². The average molecular weight is 344 g/mol. The monoisotopic (exact) mass is 343 g/mol. The normalized spacial score (nSPS) is 30.4. The summed E-state index contributed by atoms with van der Waals surface area (Å²) in [5.41, 5.74) is 1.41. The number of piperidine rings is 1. The molecule has 0 radical (unpaired) electrons. The first-order valence-corrected chi connectivity index (χ1v) is 10.0. The Labute approximate surface area is 151 Å². The highest BCUT2D eigenvalue weighted by Gasteiger charge is 2.39. The molecule has 0 aromatic heterocycles. The molecule has 3 aliphatic rings. The second-order valence-corrected chi connectivity index (χ2v) is 8.34. The van der Waals surface area contributed by atoms with Crippen molar-refractivity contribution in [1.82, 2.24) is 15.5 Å². The molecular formula is C20H29N3S. The summed E-state index contributed by atoms with van der Waals surface area (Å²) in [4.78, 5) is 2.56. The van der Waals surface area contributed by atoms with E-state index in [-0.39, 0.29) is 0 Å². The molecule has 130 valence electrons. The SMILES string of the molecule is S=C(NC1CCN(Cc2ccccc2)CC1)N[C@H]1C[C@H]2CC[C@@H]1C2. The molecule has 24 heavy (non-hydrogen) atoms. The Balaban J connectivity index is 1.18. The van der Waals surface area contributed by atoms with Crippen molar-refractivity contribution >= 4 is 17.3 Å². The van der Waals surface area contributed by atoms with E-state index in [9.17, 15) is 0 Å². The summed E-state index contributed by atoms with van der Waals surface area (Å²) in [5, 5.41) is 8.10. The summed E-state index contributed by atoms with van der Waals surface area (Å²) < 4.78 is 0. The van der Waals surface area contributed by atoms with Crippen LogP contribution in [0.3, 0.4) is 0 Å². The molecule has 1 saturated heterocycles. The highest BCUT2D eigenvalue weighted by molar-refractivity contribution is 7.80. The predicted molar refractivity (Wildman–Crippen MR) is 103 cm³/mol. The molecule has 1 aliphatic heterocycles. The van der Waals surface area contributed by atoms with E-state index < -0.39 is 0 Å². The Bertz CT molecular complexity index is 553. The third kappa shape index (κ3) is 3.92. The van der Waals surface area contributed by atoms with Gasteiger partial charge in [0.15, 0.2) is 5.11 Å². The Kier molecular flexibility index (Phi) is 5.04. The van der Waals surface area contributed by atoms with E-state index >= 15 is 0 Å². The minimum Gasteiger partial charge on any atom is -0.360 e. The van der Waals surface area contributed by atoms with E-state index in [1.165, 1.54) is 44.1 Å². The number of hydrogen-bond acceptors (Lipinski definition) is 2. The number of thiocarbonyl (C=S) groups is 1. The van der Waals surface area contributed by atoms with Crippen molar-refractivity contribution in [3.63, 3.8) is 0 Å². The van der Waals surface area contributed by atoms with E-state index in [4.69, 9.17) is 12.2 Å². The second-order valence-electron chi connectivity index (χ2n) is 7.94. The number of nitrogens with one attached hydrogen (secondary N) is 2. The molecule has 3 nitrogen and oxygen atoms in total. The molecular weight excluding hydrogens is 314 g/mol. The van der Waals surface area contributed by atoms with Crippen molar-refractivity contribution in [2.75, 3.05) is 13.1 Å². The van der Waals surface area contributed by atoms with Crippen LogP contribution in [-0.2, 0) is 6.54 Å². The largest absolute Gasteiger partial charge is 0.360 e. The molecule has 3 fully saturated rings. The fraction of sp³-hybridized carbons (Fsp3) is 0.650. The van der Waals surface area contributed by atoms with Crippen molar-refractivity contribution in [2.45, 2.75) is 57.2 Å². The van der Waals surface area contributed by atoms with Crippen molar-refractivity contribution in [2.24, 2.45) is 11.8 Å². The summed E-state index contributed by atoms with van der Waals surface area (Å²) >= 11 is 5.59. The topological polar surface area (TPSA) is 27.3 Å². The van der Waals surface area contributed by atoms with Crippen molar-refractivity contribution in [1.29, 1.82) is 0 Å². The van der Waals surface area contributed by atoms with Crippen LogP contribution in [0.2, 0.25) is 0 Å². The highest BCUT2D eigenvalue weighted by atomic mass is 32.1. The first-order valence-electron chi connectivity index (χ1n) is 9.59. The Morgan fingerprint density at radius 1 is 1.00 bits per heavy atom. The maximum atomic E-state index is 5.59. The van der Waals surface area contributed by atoms with Gasteiger partial charge in [-0.25, -0.2) is 0 Å². The summed E-state index contributed by atoms with van der Waals surface area (Å²) in [6, 6.07) is 12.0. The molecule has 2 bridgehead atoms. The van der Waals surface area contributed by atoms with Crippen LogP contribution in [0.25, 0.3) is 0 Å². The molecule has 0 unspecified atom stereocenters.